The van der Waals surface area contributed by atoms with Crippen LogP contribution in [0.3, 0.4) is 0 Å². The number of ether oxygens (including phenoxy) is 1. The Labute approximate surface area is 134 Å². The van der Waals surface area contributed by atoms with Crippen LogP contribution < -0.4 is 15.2 Å². The van der Waals surface area contributed by atoms with E-state index in [2.05, 4.69) is 4.72 Å². The van der Waals surface area contributed by atoms with Gasteiger partial charge in [-0.15, -0.1) is 0 Å². The molecule has 7 heteroatoms. The molecule has 1 amide bonds. The van der Waals surface area contributed by atoms with E-state index in [0.717, 1.165) is 5.56 Å². The molecule has 1 aliphatic heterocycles. The Bertz CT molecular complexity index is 834. The van der Waals surface area contributed by atoms with Crippen molar-refractivity contribution in [1.82, 2.24) is 0 Å². The molecular weight excluding hydrogens is 316 g/mol. The summed E-state index contributed by atoms with van der Waals surface area (Å²) in [5, 5.41) is 0. The standard InChI is InChI=1S/C16H16N2O4S/c17-16(19)15-8-6-11-10-12(7-9-14(11)22-15)18-23(20,21)13-4-2-1-3-5-13/h1-5,7,9-10,15,18H,6,8H2,(H2,17,19). The smallest absolute Gasteiger partial charge is 0.261 e. The summed E-state index contributed by atoms with van der Waals surface area (Å²) in [6.07, 6.45) is 0.454. The molecule has 0 bridgehead atoms. The maximum atomic E-state index is 12.3. The Morgan fingerprint density at radius 2 is 1.91 bits per heavy atom. The number of fused-ring (bicyclic) bond motifs is 1. The lowest BCUT2D eigenvalue weighted by atomic mass is 10.0. The molecule has 0 aromatic heterocycles. The second kappa shape index (κ2) is 5.92. The Morgan fingerprint density at radius 3 is 2.61 bits per heavy atom. The number of rotatable bonds is 4. The molecule has 23 heavy (non-hydrogen) atoms. The van der Waals surface area contributed by atoms with Crippen LogP contribution in [-0.4, -0.2) is 20.4 Å². The Balaban J connectivity index is 1.82. The molecule has 0 spiro atoms. The predicted octanol–water partition coefficient (Wildman–Crippen LogP) is 1.67. The van der Waals surface area contributed by atoms with Crippen LogP contribution in [-0.2, 0) is 21.2 Å². The number of amides is 1. The zero-order chi connectivity index (χ0) is 16.4. The summed E-state index contributed by atoms with van der Waals surface area (Å²) < 4.78 is 32.7. The Hall–Kier alpha value is -2.54. The number of carbonyl (C=O) groups excluding carboxylic acids is 1. The molecule has 0 aliphatic carbocycles. The van der Waals surface area contributed by atoms with Crippen LogP contribution in [0.2, 0.25) is 0 Å². The maximum absolute atomic E-state index is 12.3. The monoisotopic (exact) mass is 332 g/mol. The van der Waals surface area contributed by atoms with E-state index in [1.54, 1.807) is 36.4 Å². The van der Waals surface area contributed by atoms with Crippen molar-refractivity contribution in [3.05, 3.63) is 54.1 Å². The molecule has 1 unspecified atom stereocenters. The van der Waals surface area contributed by atoms with Crippen LogP contribution in [0.15, 0.2) is 53.4 Å². The minimum Gasteiger partial charge on any atom is -0.480 e. The fourth-order valence-corrected chi connectivity index (χ4v) is 3.54. The lowest BCUT2D eigenvalue weighted by Gasteiger charge is -2.24. The molecule has 6 nitrogen and oxygen atoms in total. The van der Waals surface area contributed by atoms with Gasteiger partial charge in [-0.25, -0.2) is 8.42 Å². The quantitative estimate of drug-likeness (QED) is 0.889. The van der Waals surface area contributed by atoms with E-state index in [-0.39, 0.29) is 4.90 Å². The van der Waals surface area contributed by atoms with Gasteiger partial charge < -0.3 is 10.5 Å². The van der Waals surface area contributed by atoms with E-state index in [0.29, 0.717) is 24.3 Å². The van der Waals surface area contributed by atoms with Gasteiger partial charge in [-0.05, 0) is 48.7 Å². The number of carbonyl (C=O) groups is 1. The minimum absolute atomic E-state index is 0.197. The molecule has 120 valence electrons. The van der Waals surface area contributed by atoms with Crippen LogP contribution in [0.25, 0.3) is 0 Å². The first kappa shape index (κ1) is 15.4. The molecule has 3 rings (SSSR count). The van der Waals surface area contributed by atoms with E-state index < -0.39 is 22.0 Å². The predicted molar refractivity (Wildman–Crippen MR) is 85.6 cm³/mol. The number of anilines is 1. The van der Waals surface area contributed by atoms with Crippen LogP contribution in [0.1, 0.15) is 12.0 Å². The number of aryl methyl sites for hydroxylation is 1. The first-order valence-corrected chi connectivity index (χ1v) is 8.61. The van der Waals surface area contributed by atoms with Crippen molar-refractivity contribution in [2.45, 2.75) is 23.8 Å². The molecule has 1 aliphatic rings. The van der Waals surface area contributed by atoms with Crippen LogP contribution in [0.4, 0.5) is 5.69 Å². The highest BCUT2D eigenvalue weighted by Crippen LogP contribution is 2.30. The summed E-state index contributed by atoms with van der Waals surface area (Å²) in [5.41, 5.74) is 6.54. The van der Waals surface area contributed by atoms with Gasteiger partial charge in [0.1, 0.15) is 5.75 Å². The van der Waals surface area contributed by atoms with Gasteiger partial charge in [-0.2, -0.15) is 0 Å². The summed E-state index contributed by atoms with van der Waals surface area (Å²) in [6.45, 7) is 0. The lowest BCUT2D eigenvalue weighted by Crippen LogP contribution is -2.36. The highest BCUT2D eigenvalue weighted by atomic mass is 32.2. The summed E-state index contributed by atoms with van der Waals surface area (Å²) in [6, 6.07) is 13.1. The highest BCUT2D eigenvalue weighted by Gasteiger charge is 2.24. The van der Waals surface area contributed by atoms with Crippen molar-refractivity contribution in [1.29, 1.82) is 0 Å². The van der Waals surface area contributed by atoms with Gasteiger partial charge in [0, 0.05) is 5.69 Å². The number of primary amides is 1. The fourth-order valence-electron chi connectivity index (χ4n) is 2.47. The van der Waals surface area contributed by atoms with Gasteiger partial charge in [0.15, 0.2) is 6.10 Å². The SMILES string of the molecule is NC(=O)C1CCc2cc(NS(=O)(=O)c3ccccc3)ccc2O1. The molecular formula is C16H16N2O4S. The topological polar surface area (TPSA) is 98.5 Å². The van der Waals surface area contributed by atoms with E-state index in [1.165, 1.54) is 12.1 Å². The summed E-state index contributed by atoms with van der Waals surface area (Å²) in [5.74, 6) is 0.0622. The van der Waals surface area contributed by atoms with E-state index in [4.69, 9.17) is 10.5 Å². The molecule has 0 saturated heterocycles. The minimum atomic E-state index is -3.63. The molecule has 0 radical (unpaired) electrons. The molecule has 0 fully saturated rings. The highest BCUT2D eigenvalue weighted by molar-refractivity contribution is 7.92. The van der Waals surface area contributed by atoms with Gasteiger partial charge in [-0.3, -0.25) is 9.52 Å². The average Bonchev–Trinajstić information content (AvgIpc) is 2.54. The van der Waals surface area contributed by atoms with E-state index in [1.807, 2.05) is 0 Å². The van der Waals surface area contributed by atoms with Crippen molar-refractivity contribution in [2.24, 2.45) is 5.73 Å². The lowest BCUT2D eigenvalue weighted by molar-refractivity contribution is -0.125. The molecule has 1 heterocycles. The first-order chi connectivity index (χ1) is 11.0. The van der Waals surface area contributed by atoms with Crippen LogP contribution in [0.5, 0.6) is 5.75 Å². The van der Waals surface area contributed by atoms with Crippen molar-refractivity contribution in [3.63, 3.8) is 0 Å². The third kappa shape index (κ3) is 3.29. The third-order valence-corrected chi connectivity index (χ3v) is 5.03. The van der Waals surface area contributed by atoms with Crippen molar-refractivity contribution >= 4 is 21.6 Å². The number of hydrogen-bond donors (Lipinski definition) is 2. The fraction of sp³-hybridized carbons (Fsp3) is 0.188. The van der Waals surface area contributed by atoms with Gasteiger partial charge in [0.25, 0.3) is 15.9 Å². The molecule has 3 N–H and O–H groups in total. The second-order valence-corrected chi connectivity index (χ2v) is 6.97. The average molecular weight is 332 g/mol. The molecule has 2 aromatic rings. The molecule has 0 saturated carbocycles. The van der Waals surface area contributed by atoms with Gasteiger partial charge in [0.05, 0.1) is 4.90 Å². The van der Waals surface area contributed by atoms with Gasteiger partial charge >= 0.3 is 0 Å². The largest absolute Gasteiger partial charge is 0.480 e. The van der Waals surface area contributed by atoms with Crippen molar-refractivity contribution in [3.8, 4) is 5.75 Å². The van der Waals surface area contributed by atoms with Crippen molar-refractivity contribution in [2.75, 3.05) is 4.72 Å². The Morgan fingerprint density at radius 1 is 1.17 bits per heavy atom. The molecule has 2 aromatic carbocycles. The summed E-state index contributed by atoms with van der Waals surface area (Å²) in [4.78, 5) is 11.4. The van der Waals surface area contributed by atoms with E-state index >= 15 is 0 Å². The third-order valence-electron chi connectivity index (χ3n) is 3.63. The number of benzene rings is 2. The summed E-state index contributed by atoms with van der Waals surface area (Å²) in [7, 11) is -3.63. The van der Waals surface area contributed by atoms with Gasteiger partial charge in [-0.1, -0.05) is 18.2 Å². The molecule has 1 atom stereocenters. The number of hydrogen-bond acceptors (Lipinski definition) is 4. The maximum Gasteiger partial charge on any atom is 0.261 e. The zero-order valence-corrected chi connectivity index (χ0v) is 13.0. The number of sulfonamides is 1. The second-order valence-electron chi connectivity index (χ2n) is 5.29. The van der Waals surface area contributed by atoms with Crippen LogP contribution >= 0.6 is 0 Å². The van der Waals surface area contributed by atoms with Crippen molar-refractivity contribution < 1.29 is 17.9 Å². The van der Waals surface area contributed by atoms with E-state index in [9.17, 15) is 13.2 Å². The summed E-state index contributed by atoms with van der Waals surface area (Å²) >= 11 is 0. The number of nitrogens with two attached hydrogens (primary N) is 1. The Kier molecular flexibility index (Phi) is 3.96. The normalized spacial score (nSPS) is 17.0. The zero-order valence-electron chi connectivity index (χ0n) is 12.2. The van der Waals surface area contributed by atoms with Gasteiger partial charge in [0.2, 0.25) is 0 Å². The van der Waals surface area contributed by atoms with Crippen LogP contribution in [0, 0.1) is 0 Å². The first-order valence-electron chi connectivity index (χ1n) is 7.12. The number of nitrogens with one attached hydrogen (secondary N) is 1.